The van der Waals surface area contributed by atoms with Crippen LogP contribution < -0.4 is 10.6 Å². The van der Waals surface area contributed by atoms with Gasteiger partial charge >= 0.3 is 0 Å². The fourth-order valence-corrected chi connectivity index (χ4v) is 3.95. The molecule has 2 aromatic carbocycles. The van der Waals surface area contributed by atoms with Gasteiger partial charge in [0.1, 0.15) is 11.9 Å². The van der Waals surface area contributed by atoms with Crippen molar-refractivity contribution in [2.45, 2.75) is 32.7 Å². The zero-order valence-electron chi connectivity index (χ0n) is 17.6. The van der Waals surface area contributed by atoms with Crippen LogP contribution in [0.1, 0.15) is 26.7 Å². The fraction of sp³-hybridized carbons (Fsp3) is 0.292. The summed E-state index contributed by atoms with van der Waals surface area (Å²) in [6, 6.07) is 11.2. The fourth-order valence-electron chi connectivity index (χ4n) is 3.95. The van der Waals surface area contributed by atoms with Crippen molar-refractivity contribution in [2.24, 2.45) is 5.92 Å². The molecular formula is C24H25FN4O2. The summed E-state index contributed by atoms with van der Waals surface area (Å²) >= 11 is 0. The van der Waals surface area contributed by atoms with Gasteiger partial charge in [0.2, 0.25) is 11.8 Å². The van der Waals surface area contributed by atoms with Gasteiger partial charge in [-0.15, -0.1) is 0 Å². The van der Waals surface area contributed by atoms with Crippen molar-refractivity contribution in [3.05, 3.63) is 60.7 Å². The highest BCUT2D eigenvalue weighted by Gasteiger charge is 2.35. The molecule has 1 saturated heterocycles. The lowest BCUT2D eigenvalue weighted by Crippen LogP contribution is -2.44. The maximum atomic E-state index is 13.2. The first-order chi connectivity index (χ1) is 14.9. The average molecular weight is 420 g/mol. The number of rotatable bonds is 5. The number of anilines is 3. The first-order valence-corrected chi connectivity index (χ1v) is 10.4. The molecule has 7 heteroatoms. The largest absolute Gasteiger partial charge is 0.355 e. The Hall–Kier alpha value is -3.48. The van der Waals surface area contributed by atoms with E-state index in [9.17, 15) is 14.0 Å². The molecule has 1 aliphatic rings. The van der Waals surface area contributed by atoms with Crippen molar-refractivity contribution in [2.75, 3.05) is 17.2 Å². The Balaban J connectivity index is 1.59. The maximum absolute atomic E-state index is 13.2. The van der Waals surface area contributed by atoms with Gasteiger partial charge in [0, 0.05) is 47.0 Å². The number of carbonyl (C=O) groups excluding carboxylic acids is 2. The van der Waals surface area contributed by atoms with Crippen LogP contribution in [0.25, 0.3) is 10.8 Å². The van der Waals surface area contributed by atoms with Crippen molar-refractivity contribution in [1.29, 1.82) is 0 Å². The van der Waals surface area contributed by atoms with Gasteiger partial charge < -0.3 is 15.5 Å². The topological polar surface area (TPSA) is 74.3 Å². The Labute approximate surface area is 180 Å². The number of nitrogens with one attached hydrogen (secondary N) is 2. The van der Waals surface area contributed by atoms with E-state index in [1.54, 1.807) is 29.4 Å². The number of benzene rings is 2. The minimum Gasteiger partial charge on any atom is -0.355 e. The highest BCUT2D eigenvalue weighted by Crippen LogP contribution is 2.32. The summed E-state index contributed by atoms with van der Waals surface area (Å²) in [5, 5.41) is 7.94. The molecule has 2 heterocycles. The van der Waals surface area contributed by atoms with Crippen LogP contribution >= 0.6 is 0 Å². The van der Waals surface area contributed by atoms with Gasteiger partial charge in [-0.1, -0.05) is 13.8 Å². The summed E-state index contributed by atoms with van der Waals surface area (Å²) < 4.78 is 13.2. The summed E-state index contributed by atoms with van der Waals surface area (Å²) in [6.07, 6.45) is 4.86. The third-order valence-corrected chi connectivity index (χ3v) is 5.53. The van der Waals surface area contributed by atoms with E-state index in [0.29, 0.717) is 18.7 Å². The Morgan fingerprint density at radius 3 is 2.55 bits per heavy atom. The smallest absolute Gasteiger partial charge is 0.247 e. The molecule has 1 aromatic heterocycles. The van der Waals surface area contributed by atoms with Crippen LogP contribution in [0.15, 0.2) is 54.9 Å². The molecule has 0 saturated carbocycles. The quantitative estimate of drug-likeness (QED) is 0.627. The molecule has 31 heavy (non-hydrogen) atoms. The van der Waals surface area contributed by atoms with Crippen LogP contribution in [0, 0.1) is 11.7 Å². The highest BCUT2D eigenvalue weighted by molar-refractivity contribution is 6.08. The van der Waals surface area contributed by atoms with Gasteiger partial charge in [-0.25, -0.2) is 4.39 Å². The van der Waals surface area contributed by atoms with E-state index >= 15 is 0 Å². The predicted molar refractivity (Wildman–Crippen MR) is 120 cm³/mol. The standard InChI is InChI=1S/C24H25FN4O2/c1-15(2)24(31)29-13-3-4-22(29)23(30)28-21-10-9-20(18-11-12-26-14-19(18)21)27-17-7-5-16(25)6-8-17/h5-12,14-15,22,27H,3-4,13H2,1-2H3,(H,28,30)/t22-/m0/s1. The zero-order valence-corrected chi connectivity index (χ0v) is 17.6. The van der Waals surface area contributed by atoms with Crippen LogP contribution in [0.5, 0.6) is 0 Å². The molecule has 0 bridgehead atoms. The lowest BCUT2D eigenvalue weighted by atomic mass is 10.1. The van der Waals surface area contributed by atoms with Gasteiger partial charge in [0.15, 0.2) is 0 Å². The van der Waals surface area contributed by atoms with E-state index < -0.39 is 6.04 Å². The van der Waals surface area contributed by atoms with Crippen LogP contribution in [0.3, 0.4) is 0 Å². The molecule has 2 N–H and O–H groups in total. The molecule has 1 aliphatic heterocycles. The zero-order chi connectivity index (χ0) is 22.0. The molecule has 2 amide bonds. The van der Waals surface area contributed by atoms with E-state index in [-0.39, 0.29) is 23.5 Å². The lowest BCUT2D eigenvalue weighted by Gasteiger charge is -2.26. The summed E-state index contributed by atoms with van der Waals surface area (Å²) in [4.78, 5) is 31.4. The second kappa shape index (κ2) is 8.71. The Morgan fingerprint density at radius 2 is 1.81 bits per heavy atom. The normalized spacial score (nSPS) is 16.0. The van der Waals surface area contributed by atoms with Crippen molar-refractivity contribution < 1.29 is 14.0 Å². The second-order valence-corrected chi connectivity index (χ2v) is 8.05. The summed E-state index contributed by atoms with van der Waals surface area (Å²) in [5.41, 5.74) is 2.21. The van der Waals surface area contributed by atoms with Crippen molar-refractivity contribution >= 4 is 39.6 Å². The van der Waals surface area contributed by atoms with Crippen LogP contribution in [0.4, 0.5) is 21.5 Å². The minimum absolute atomic E-state index is 0.00280. The molecule has 3 aromatic rings. The third kappa shape index (κ3) is 4.35. The molecule has 1 atom stereocenters. The molecule has 160 valence electrons. The number of hydrogen-bond acceptors (Lipinski definition) is 4. The molecule has 0 radical (unpaired) electrons. The number of carbonyl (C=O) groups is 2. The monoisotopic (exact) mass is 420 g/mol. The van der Waals surface area contributed by atoms with E-state index in [2.05, 4.69) is 15.6 Å². The minimum atomic E-state index is -0.460. The molecule has 0 spiro atoms. The first-order valence-electron chi connectivity index (χ1n) is 10.4. The Morgan fingerprint density at radius 1 is 1.06 bits per heavy atom. The van der Waals surface area contributed by atoms with E-state index in [4.69, 9.17) is 0 Å². The van der Waals surface area contributed by atoms with Crippen LogP contribution in [0.2, 0.25) is 0 Å². The van der Waals surface area contributed by atoms with Crippen LogP contribution in [-0.2, 0) is 9.59 Å². The van der Waals surface area contributed by atoms with Crippen molar-refractivity contribution in [3.8, 4) is 0 Å². The number of aromatic nitrogens is 1. The molecule has 1 fully saturated rings. The number of hydrogen-bond donors (Lipinski definition) is 2. The molecule has 0 unspecified atom stereocenters. The number of fused-ring (bicyclic) bond motifs is 1. The van der Waals surface area contributed by atoms with Gasteiger partial charge in [-0.2, -0.15) is 0 Å². The van der Waals surface area contributed by atoms with E-state index in [1.807, 2.05) is 32.0 Å². The van der Waals surface area contributed by atoms with E-state index in [0.717, 1.165) is 28.6 Å². The number of nitrogens with zero attached hydrogens (tertiary/aromatic N) is 2. The average Bonchev–Trinajstić information content (AvgIpc) is 3.26. The summed E-state index contributed by atoms with van der Waals surface area (Å²) in [7, 11) is 0. The second-order valence-electron chi connectivity index (χ2n) is 8.05. The number of likely N-dealkylation sites (tertiary alicyclic amines) is 1. The molecule has 6 nitrogen and oxygen atoms in total. The van der Waals surface area contributed by atoms with Gasteiger partial charge in [0.25, 0.3) is 0 Å². The number of amides is 2. The summed E-state index contributed by atoms with van der Waals surface area (Å²) in [5.74, 6) is -0.622. The van der Waals surface area contributed by atoms with Crippen molar-refractivity contribution in [3.63, 3.8) is 0 Å². The molecule has 4 rings (SSSR count). The highest BCUT2D eigenvalue weighted by atomic mass is 19.1. The third-order valence-electron chi connectivity index (χ3n) is 5.53. The predicted octanol–water partition coefficient (Wildman–Crippen LogP) is 4.70. The number of pyridine rings is 1. The van der Waals surface area contributed by atoms with Gasteiger partial charge in [-0.05, 0) is 55.3 Å². The molecular weight excluding hydrogens is 395 g/mol. The van der Waals surface area contributed by atoms with Gasteiger partial charge in [0.05, 0.1) is 5.69 Å². The van der Waals surface area contributed by atoms with Crippen LogP contribution in [-0.4, -0.2) is 34.3 Å². The lowest BCUT2D eigenvalue weighted by molar-refractivity contribution is -0.139. The van der Waals surface area contributed by atoms with Gasteiger partial charge in [-0.3, -0.25) is 14.6 Å². The molecule has 0 aliphatic carbocycles. The SMILES string of the molecule is CC(C)C(=O)N1CCC[C@H]1C(=O)Nc1ccc(Nc2ccc(F)cc2)c2ccncc12. The van der Waals surface area contributed by atoms with E-state index in [1.165, 1.54) is 12.1 Å². The first kappa shape index (κ1) is 20.8. The summed E-state index contributed by atoms with van der Waals surface area (Å²) in [6.45, 7) is 4.31. The van der Waals surface area contributed by atoms with Crippen molar-refractivity contribution in [1.82, 2.24) is 9.88 Å². The Bertz CT molecular complexity index is 1110. The maximum Gasteiger partial charge on any atom is 0.247 e. The Kier molecular flexibility index (Phi) is 5.84. The number of halogens is 1.